The van der Waals surface area contributed by atoms with Crippen LogP contribution in [0.1, 0.15) is 19.4 Å². The first kappa shape index (κ1) is 27.9. The van der Waals surface area contributed by atoms with Gasteiger partial charge in [-0.2, -0.15) is 0 Å². The maximum atomic E-state index is 12.8. The van der Waals surface area contributed by atoms with E-state index >= 15 is 0 Å². The summed E-state index contributed by atoms with van der Waals surface area (Å²) in [5, 5.41) is 5.24. The minimum atomic E-state index is -0.932. The standard InChI is InChI=1S/C30H28N2O8/c1-19(2)27(32-30(36)38-17-20-9-5-3-6-10-20)29(35)31-16-26(33)40-22-13-14-23-24(15-22)37-18-25(28(23)34)39-21-11-7-4-8-12-21/h3-15,18-19,27H,16-17H2,1-2H3,(H,31,35)(H,32,36)/t27-/m1/s1. The van der Waals surface area contributed by atoms with Crippen LogP contribution < -0.4 is 25.5 Å². The molecule has 4 rings (SSSR count). The fourth-order valence-corrected chi connectivity index (χ4v) is 3.70. The molecule has 1 aromatic heterocycles. The molecule has 4 aromatic rings. The minimum Gasteiger partial charge on any atom is -0.460 e. The van der Waals surface area contributed by atoms with E-state index in [1.165, 1.54) is 24.5 Å². The molecule has 0 unspecified atom stereocenters. The minimum absolute atomic E-state index is 0.0171. The molecule has 0 aliphatic heterocycles. The topological polar surface area (TPSA) is 133 Å². The van der Waals surface area contributed by atoms with Crippen molar-refractivity contribution < 1.29 is 33.0 Å². The molecule has 3 aromatic carbocycles. The van der Waals surface area contributed by atoms with Crippen molar-refractivity contribution in [3.8, 4) is 17.2 Å². The van der Waals surface area contributed by atoms with Gasteiger partial charge in [-0.25, -0.2) is 9.59 Å². The number of alkyl carbamates (subject to hydrolysis) is 1. The highest BCUT2D eigenvalue weighted by Crippen LogP contribution is 2.24. The summed E-state index contributed by atoms with van der Waals surface area (Å²) in [4.78, 5) is 50.1. The number of hydrogen-bond acceptors (Lipinski definition) is 8. The molecule has 0 aliphatic carbocycles. The van der Waals surface area contributed by atoms with E-state index in [0.717, 1.165) is 5.56 Å². The van der Waals surface area contributed by atoms with Crippen LogP contribution in [0.3, 0.4) is 0 Å². The first-order valence-corrected chi connectivity index (χ1v) is 12.5. The van der Waals surface area contributed by atoms with Crippen LogP contribution in [0.15, 0.2) is 94.3 Å². The van der Waals surface area contributed by atoms with Crippen molar-refractivity contribution in [2.24, 2.45) is 5.92 Å². The molecule has 0 fully saturated rings. The van der Waals surface area contributed by atoms with Crippen molar-refractivity contribution >= 4 is 28.9 Å². The number of esters is 1. The third-order valence-electron chi connectivity index (χ3n) is 5.76. The SMILES string of the molecule is CC(C)[C@@H](NC(=O)OCc1ccccc1)C(=O)NCC(=O)Oc1ccc2c(=O)c(Oc3ccccc3)coc2c1. The van der Waals surface area contributed by atoms with Crippen LogP contribution in [-0.2, 0) is 20.9 Å². The van der Waals surface area contributed by atoms with Crippen LogP contribution in [0.4, 0.5) is 4.79 Å². The Morgan fingerprint density at radius 1 is 0.900 bits per heavy atom. The smallest absolute Gasteiger partial charge is 0.408 e. The van der Waals surface area contributed by atoms with Crippen molar-refractivity contribution in [2.45, 2.75) is 26.5 Å². The number of para-hydroxylation sites is 1. The number of benzene rings is 3. The molecular formula is C30H28N2O8. The van der Waals surface area contributed by atoms with Crippen molar-refractivity contribution in [1.82, 2.24) is 10.6 Å². The molecule has 0 spiro atoms. The summed E-state index contributed by atoms with van der Waals surface area (Å²) in [6.45, 7) is 3.10. The molecule has 206 valence electrons. The van der Waals surface area contributed by atoms with Crippen LogP contribution in [0.2, 0.25) is 0 Å². The van der Waals surface area contributed by atoms with Gasteiger partial charge in [-0.15, -0.1) is 0 Å². The Kier molecular flexibility index (Phi) is 9.14. The van der Waals surface area contributed by atoms with Crippen molar-refractivity contribution in [2.75, 3.05) is 6.54 Å². The molecule has 10 nitrogen and oxygen atoms in total. The highest BCUT2D eigenvalue weighted by atomic mass is 16.5. The molecule has 1 heterocycles. The monoisotopic (exact) mass is 544 g/mol. The van der Waals surface area contributed by atoms with E-state index in [9.17, 15) is 19.2 Å². The van der Waals surface area contributed by atoms with Gasteiger partial charge in [-0.1, -0.05) is 62.4 Å². The molecule has 1 atom stereocenters. The number of rotatable bonds is 10. The van der Waals surface area contributed by atoms with Crippen molar-refractivity contribution in [1.29, 1.82) is 0 Å². The summed E-state index contributed by atoms with van der Waals surface area (Å²) in [7, 11) is 0. The van der Waals surface area contributed by atoms with Crippen LogP contribution in [0.5, 0.6) is 17.2 Å². The highest BCUT2D eigenvalue weighted by molar-refractivity contribution is 5.89. The fraction of sp³-hybridized carbons (Fsp3) is 0.200. The average Bonchev–Trinajstić information content (AvgIpc) is 2.96. The van der Waals surface area contributed by atoms with E-state index < -0.39 is 30.6 Å². The maximum Gasteiger partial charge on any atom is 0.408 e. The van der Waals surface area contributed by atoms with Gasteiger partial charge in [0.25, 0.3) is 0 Å². The molecule has 2 N–H and O–H groups in total. The number of amides is 2. The van der Waals surface area contributed by atoms with Gasteiger partial charge in [0.1, 0.15) is 42.5 Å². The highest BCUT2D eigenvalue weighted by Gasteiger charge is 2.25. The van der Waals surface area contributed by atoms with Gasteiger partial charge < -0.3 is 29.3 Å². The largest absolute Gasteiger partial charge is 0.460 e. The summed E-state index contributed by atoms with van der Waals surface area (Å²) in [6, 6.07) is 21.3. The van der Waals surface area contributed by atoms with Crippen molar-refractivity contribution in [3.05, 3.63) is 101 Å². The van der Waals surface area contributed by atoms with E-state index in [-0.39, 0.29) is 40.4 Å². The van der Waals surface area contributed by atoms with Crippen LogP contribution in [-0.4, -0.2) is 30.6 Å². The van der Waals surface area contributed by atoms with Gasteiger partial charge in [-0.3, -0.25) is 9.59 Å². The number of hydrogen-bond donors (Lipinski definition) is 2. The lowest BCUT2D eigenvalue weighted by molar-refractivity contribution is -0.136. The predicted molar refractivity (Wildman–Crippen MR) is 146 cm³/mol. The third-order valence-corrected chi connectivity index (χ3v) is 5.76. The average molecular weight is 545 g/mol. The lowest BCUT2D eigenvalue weighted by atomic mass is 10.0. The Labute approximate surface area is 229 Å². The summed E-state index contributed by atoms with van der Waals surface area (Å²) < 4.78 is 21.6. The third kappa shape index (κ3) is 7.47. The Balaban J connectivity index is 1.31. The molecule has 0 saturated carbocycles. The van der Waals surface area contributed by atoms with E-state index in [1.807, 2.05) is 36.4 Å². The molecule has 0 radical (unpaired) electrons. The van der Waals surface area contributed by atoms with Gasteiger partial charge in [0.2, 0.25) is 17.1 Å². The number of fused-ring (bicyclic) bond motifs is 1. The fourth-order valence-electron chi connectivity index (χ4n) is 3.70. The summed E-state index contributed by atoms with van der Waals surface area (Å²) >= 11 is 0. The van der Waals surface area contributed by atoms with Gasteiger partial charge in [0.15, 0.2) is 0 Å². The summed E-state index contributed by atoms with van der Waals surface area (Å²) in [6.07, 6.45) is 0.434. The summed E-state index contributed by atoms with van der Waals surface area (Å²) in [5.41, 5.74) is 0.613. The normalized spacial score (nSPS) is 11.5. The van der Waals surface area contributed by atoms with E-state index in [4.69, 9.17) is 18.6 Å². The number of carbonyl (C=O) groups is 3. The first-order valence-electron chi connectivity index (χ1n) is 12.5. The molecule has 0 aliphatic rings. The summed E-state index contributed by atoms with van der Waals surface area (Å²) in [5.74, 6) is -0.981. The van der Waals surface area contributed by atoms with E-state index in [0.29, 0.717) is 5.75 Å². The van der Waals surface area contributed by atoms with Gasteiger partial charge >= 0.3 is 12.1 Å². The quantitative estimate of drug-likeness (QED) is 0.219. The molecular weight excluding hydrogens is 516 g/mol. The first-order chi connectivity index (χ1) is 19.3. The van der Waals surface area contributed by atoms with Crippen molar-refractivity contribution in [3.63, 3.8) is 0 Å². The second kappa shape index (κ2) is 13.1. The number of carbonyl (C=O) groups excluding carboxylic acids is 3. The van der Waals surface area contributed by atoms with Crippen LogP contribution in [0.25, 0.3) is 11.0 Å². The van der Waals surface area contributed by atoms with E-state index in [2.05, 4.69) is 10.6 Å². The molecule has 2 amide bonds. The molecule has 0 bridgehead atoms. The van der Waals surface area contributed by atoms with Crippen LogP contribution in [0, 0.1) is 5.92 Å². The predicted octanol–water partition coefficient (Wildman–Crippen LogP) is 4.56. The zero-order chi connectivity index (χ0) is 28.5. The second-order valence-electron chi connectivity index (χ2n) is 9.12. The molecule has 0 saturated heterocycles. The maximum absolute atomic E-state index is 12.8. The Bertz CT molecular complexity index is 1530. The Morgan fingerprint density at radius 2 is 1.60 bits per heavy atom. The number of nitrogens with one attached hydrogen (secondary N) is 2. The molecule has 40 heavy (non-hydrogen) atoms. The zero-order valence-corrected chi connectivity index (χ0v) is 21.9. The molecule has 10 heteroatoms. The zero-order valence-electron chi connectivity index (χ0n) is 21.9. The Hall–Kier alpha value is -5.12. The lowest BCUT2D eigenvalue weighted by Crippen LogP contribution is -2.51. The van der Waals surface area contributed by atoms with E-state index in [1.54, 1.807) is 38.1 Å². The Morgan fingerprint density at radius 3 is 2.30 bits per heavy atom. The van der Waals surface area contributed by atoms with Crippen LogP contribution >= 0.6 is 0 Å². The second-order valence-corrected chi connectivity index (χ2v) is 9.12. The van der Waals surface area contributed by atoms with Gasteiger partial charge in [0.05, 0.1) is 5.39 Å². The number of ether oxygens (including phenoxy) is 3. The van der Waals surface area contributed by atoms with Gasteiger partial charge in [0, 0.05) is 6.07 Å². The lowest BCUT2D eigenvalue weighted by Gasteiger charge is -2.21. The van der Waals surface area contributed by atoms with Gasteiger partial charge in [-0.05, 0) is 35.7 Å².